The van der Waals surface area contributed by atoms with Crippen LogP contribution in [0.4, 0.5) is 0 Å². The molecule has 2 aliphatic heterocycles. The minimum absolute atomic E-state index is 0.00597. The van der Waals surface area contributed by atoms with Gasteiger partial charge in [0.1, 0.15) is 0 Å². The number of nitrogens with one attached hydrogen (secondary N) is 1. The van der Waals surface area contributed by atoms with Crippen molar-refractivity contribution in [1.29, 1.82) is 0 Å². The Balaban J connectivity index is 1.37. The molecule has 6 nitrogen and oxygen atoms in total. The molecule has 0 saturated carbocycles. The zero-order valence-corrected chi connectivity index (χ0v) is 23.0. The van der Waals surface area contributed by atoms with Gasteiger partial charge in [-0.05, 0) is 67.7 Å². The van der Waals surface area contributed by atoms with Gasteiger partial charge in [-0.25, -0.2) is 0 Å². The third-order valence-electron chi connectivity index (χ3n) is 7.97. The van der Waals surface area contributed by atoms with Crippen molar-refractivity contribution in [2.24, 2.45) is 0 Å². The Kier molecular flexibility index (Phi) is 7.15. The molecule has 4 aromatic rings. The van der Waals surface area contributed by atoms with Gasteiger partial charge >= 0.3 is 0 Å². The Bertz CT molecular complexity index is 1420. The first-order valence-electron chi connectivity index (χ1n) is 13.6. The van der Waals surface area contributed by atoms with Gasteiger partial charge in [0.2, 0.25) is 0 Å². The monoisotopic (exact) mass is 525 g/mol. The van der Waals surface area contributed by atoms with Gasteiger partial charge in [0.25, 0.3) is 0 Å². The Morgan fingerprint density at radius 3 is 2.58 bits per heavy atom. The molecule has 0 spiro atoms. The van der Waals surface area contributed by atoms with Crippen molar-refractivity contribution < 1.29 is 4.74 Å². The third kappa shape index (κ3) is 4.70. The summed E-state index contributed by atoms with van der Waals surface area (Å²) in [7, 11) is 0. The van der Waals surface area contributed by atoms with Crippen molar-refractivity contribution in [2.75, 3.05) is 39.4 Å². The SMILES string of the molecule is Cc1cc(C2C(c3ccccn3)NC(=S)N2CCCN2CCOCC2)c(C)n1-c1cccc2ccccc12. The van der Waals surface area contributed by atoms with E-state index in [-0.39, 0.29) is 12.1 Å². The molecule has 2 fully saturated rings. The summed E-state index contributed by atoms with van der Waals surface area (Å²) in [5.74, 6) is 0. The number of fused-ring (bicyclic) bond motifs is 1. The molecule has 2 saturated heterocycles. The predicted molar refractivity (Wildman–Crippen MR) is 157 cm³/mol. The molecule has 2 aromatic carbocycles. The van der Waals surface area contributed by atoms with E-state index in [9.17, 15) is 0 Å². The average molecular weight is 526 g/mol. The number of rotatable bonds is 7. The van der Waals surface area contributed by atoms with E-state index < -0.39 is 0 Å². The fourth-order valence-electron chi connectivity index (χ4n) is 6.14. The lowest BCUT2D eigenvalue weighted by atomic mass is 9.96. The van der Waals surface area contributed by atoms with Crippen LogP contribution in [0.15, 0.2) is 72.9 Å². The summed E-state index contributed by atoms with van der Waals surface area (Å²) >= 11 is 5.95. The molecule has 2 aromatic heterocycles. The fraction of sp³-hybridized carbons (Fsp3) is 0.355. The highest BCUT2D eigenvalue weighted by molar-refractivity contribution is 7.80. The van der Waals surface area contributed by atoms with Crippen molar-refractivity contribution in [1.82, 2.24) is 24.7 Å². The standard InChI is InChI=1S/C31H35N5OS/c1-22-21-26(23(2)36(22)28-13-7-10-24-9-3-4-11-25(24)28)30-29(27-12-5-6-14-32-27)33-31(38)35(30)16-8-15-34-17-19-37-20-18-34/h3-7,9-14,21,29-30H,8,15-20H2,1-2H3,(H,33,38). The largest absolute Gasteiger partial charge is 0.379 e. The normalized spacial score (nSPS) is 20.3. The average Bonchev–Trinajstić information content (AvgIpc) is 3.43. The summed E-state index contributed by atoms with van der Waals surface area (Å²) in [4.78, 5) is 9.63. The van der Waals surface area contributed by atoms with E-state index in [0.717, 1.165) is 56.6 Å². The number of aromatic nitrogens is 2. The van der Waals surface area contributed by atoms with Gasteiger partial charge in [0, 0.05) is 49.1 Å². The zero-order chi connectivity index (χ0) is 26.1. The first-order valence-corrected chi connectivity index (χ1v) is 14.0. The predicted octanol–water partition coefficient (Wildman–Crippen LogP) is 5.34. The molecule has 2 aliphatic rings. The highest BCUT2D eigenvalue weighted by atomic mass is 32.1. The molecule has 4 heterocycles. The maximum absolute atomic E-state index is 5.95. The maximum atomic E-state index is 5.95. The number of aryl methyl sites for hydroxylation is 1. The molecule has 1 N–H and O–H groups in total. The lowest BCUT2D eigenvalue weighted by molar-refractivity contribution is 0.0365. The van der Waals surface area contributed by atoms with Gasteiger partial charge in [0.15, 0.2) is 5.11 Å². The second kappa shape index (κ2) is 10.8. The van der Waals surface area contributed by atoms with Gasteiger partial charge < -0.3 is 19.5 Å². The lowest BCUT2D eigenvalue weighted by Crippen LogP contribution is -2.39. The number of thiocarbonyl (C=S) groups is 1. The summed E-state index contributed by atoms with van der Waals surface area (Å²) in [6.45, 7) is 10.1. The van der Waals surface area contributed by atoms with Crippen molar-refractivity contribution in [3.63, 3.8) is 0 Å². The molecule has 38 heavy (non-hydrogen) atoms. The van der Waals surface area contributed by atoms with E-state index in [1.54, 1.807) is 0 Å². The molecule has 2 unspecified atom stereocenters. The highest BCUT2D eigenvalue weighted by Crippen LogP contribution is 2.42. The van der Waals surface area contributed by atoms with Crippen LogP contribution in [0.5, 0.6) is 0 Å². The lowest BCUT2D eigenvalue weighted by Gasteiger charge is -2.30. The molecular weight excluding hydrogens is 490 g/mol. The van der Waals surface area contributed by atoms with E-state index in [0.29, 0.717) is 0 Å². The third-order valence-corrected chi connectivity index (χ3v) is 8.32. The summed E-state index contributed by atoms with van der Waals surface area (Å²) in [5, 5.41) is 6.95. The molecular formula is C31H35N5OS. The molecule has 0 bridgehead atoms. The second-order valence-electron chi connectivity index (χ2n) is 10.3. The highest BCUT2D eigenvalue weighted by Gasteiger charge is 2.41. The smallest absolute Gasteiger partial charge is 0.170 e. The minimum atomic E-state index is -0.00597. The Labute approximate surface area is 230 Å². The van der Waals surface area contributed by atoms with Crippen LogP contribution in [0.2, 0.25) is 0 Å². The van der Waals surface area contributed by atoms with Crippen LogP contribution in [0.25, 0.3) is 16.5 Å². The van der Waals surface area contributed by atoms with Gasteiger partial charge in [-0.2, -0.15) is 0 Å². The van der Waals surface area contributed by atoms with Crippen molar-refractivity contribution in [3.05, 3.63) is 95.6 Å². The van der Waals surface area contributed by atoms with Crippen LogP contribution in [0.3, 0.4) is 0 Å². The van der Waals surface area contributed by atoms with Gasteiger partial charge in [-0.15, -0.1) is 0 Å². The maximum Gasteiger partial charge on any atom is 0.170 e. The number of nitrogens with zero attached hydrogens (tertiary/aromatic N) is 4. The number of hydrogen-bond acceptors (Lipinski definition) is 4. The van der Waals surface area contributed by atoms with E-state index in [2.05, 4.69) is 94.2 Å². The van der Waals surface area contributed by atoms with Crippen LogP contribution in [0.1, 0.15) is 41.1 Å². The van der Waals surface area contributed by atoms with Gasteiger partial charge in [0.05, 0.1) is 36.7 Å². The molecule has 2 atom stereocenters. The number of benzene rings is 2. The van der Waals surface area contributed by atoms with E-state index in [4.69, 9.17) is 21.9 Å². The summed E-state index contributed by atoms with van der Waals surface area (Å²) in [6, 6.07) is 23.7. The minimum Gasteiger partial charge on any atom is -0.379 e. The first-order chi connectivity index (χ1) is 18.6. The van der Waals surface area contributed by atoms with Crippen molar-refractivity contribution in [3.8, 4) is 5.69 Å². The molecule has 6 rings (SSSR count). The molecule has 0 radical (unpaired) electrons. The molecule has 0 amide bonds. The van der Waals surface area contributed by atoms with Gasteiger partial charge in [-0.3, -0.25) is 9.88 Å². The Morgan fingerprint density at radius 2 is 1.76 bits per heavy atom. The van der Waals surface area contributed by atoms with Crippen LogP contribution in [-0.4, -0.2) is 63.9 Å². The van der Waals surface area contributed by atoms with Crippen LogP contribution in [0, 0.1) is 13.8 Å². The number of hydrogen-bond donors (Lipinski definition) is 1. The quantitative estimate of drug-likeness (QED) is 0.329. The molecule has 196 valence electrons. The fourth-order valence-corrected chi connectivity index (χ4v) is 6.47. The second-order valence-corrected chi connectivity index (χ2v) is 10.7. The Hall–Kier alpha value is -3.26. The van der Waals surface area contributed by atoms with Crippen LogP contribution in [-0.2, 0) is 4.74 Å². The molecule has 7 heteroatoms. The molecule has 0 aliphatic carbocycles. The van der Waals surface area contributed by atoms with E-state index in [1.165, 1.54) is 33.4 Å². The van der Waals surface area contributed by atoms with E-state index in [1.807, 2.05) is 12.3 Å². The van der Waals surface area contributed by atoms with Crippen LogP contribution >= 0.6 is 12.2 Å². The summed E-state index contributed by atoms with van der Waals surface area (Å²) in [5.41, 5.74) is 6.00. The first kappa shape index (κ1) is 25.0. The summed E-state index contributed by atoms with van der Waals surface area (Å²) in [6.07, 6.45) is 2.92. The van der Waals surface area contributed by atoms with Crippen molar-refractivity contribution in [2.45, 2.75) is 32.4 Å². The topological polar surface area (TPSA) is 45.6 Å². The summed E-state index contributed by atoms with van der Waals surface area (Å²) < 4.78 is 7.94. The van der Waals surface area contributed by atoms with Crippen molar-refractivity contribution >= 4 is 28.1 Å². The number of ether oxygens (including phenoxy) is 1. The Morgan fingerprint density at radius 1 is 0.974 bits per heavy atom. The van der Waals surface area contributed by atoms with Crippen LogP contribution < -0.4 is 5.32 Å². The zero-order valence-electron chi connectivity index (χ0n) is 22.1. The van der Waals surface area contributed by atoms with Gasteiger partial charge in [-0.1, -0.05) is 42.5 Å². The number of pyridine rings is 1. The number of morpholine rings is 1. The van der Waals surface area contributed by atoms with E-state index >= 15 is 0 Å².